The second-order valence-electron chi connectivity index (χ2n) is 5.50. The second-order valence-corrected chi connectivity index (χ2v) is 8.04. The molecule has 0 heterocycles. The zero-order valence-electron chi connectivity index (χ0n) is 13.0. The summed E-state index contributed by atoms with van der Waals surface area (Å²) in [7, 11) is 1.56. The standard InChI is InChI=1S/C15H22ClNO3S/c1-6-9(2)12(5)17-15(18)13-7-10(3)11(4)14(8-13)21(16,19)20/h7-9,12H,6H2,1-5H3,(H,17,18). The number of amides is 1. The molecule has 0 fully saturated rings. The molecule has 21 heavy (non-hydrogen) atoms. The van der Waals surface area contributed by atoms with E-state index < -0.39 is 9.05 Å². The second kappa shape index (κ2) is 6.79. The van der Waals surface area contributed by atoms with E-state index in [4.69, 9.17) is 10.7 Å². The van der Waals surface area contributed by atoms with Crippen molar-refractivity contribution in [2.45, 2.75) is 52.0 Å². The van der Waals surface area contributed by atoms with Crippen molar-refractivity contribution >= 4 is 25.6 Å². The summed E-state index contributed by atoms with van der Waals surface area (Å²) < 4.78 is 23.2. The van der Waals surface area contributed by atoms with Crippen molar-refractivity contribution in [3.63, 3.8) is 0 Å². The average molecular weight is 332 g/mol. The van der Waals surface area contributed by atoms with Crippen LogP contribution in [0.4, 0.5) is 0 Å². The molecule has 0 radical (unpaired) electrons. The fraction of sp³-hybridized carbons (Fsp3) is 0.533. The Morgan fingerprint density at radius 2 is 1.86 bits per heavy atom. The molecule has 0 saturated heterocycles. The Balaban J connectivity index is 3.15. The summed E-state index contributed by atoms with van der Waals surface area (Å²) in [6.45, 7) is 9.48. The van der Waals surface area contributed by atoms with Crippen molar-refractivity contribution in [3.8, 4) is 0 Å². The van der Waals surface area contributed by atoms with Gasteiger partial charge in [0, 0.05) is 22.3 Å². The van der Waals surface area contributed by atoms with Crippen molar-refractivity contribution in [1.82, 2.24) is 5.32 Å². The Morgan fingerprint density at radius 1 is 1.29 bits per heavy atom. The van der Waals surface area contributed by atoms with Gasteiger partial charge in [0.1, 0.15) is 0 Å². The highest BCUT2D eigenvalue weighted by Crippen LogP contribution is 2.24. The highest BCUT2D eigenvalue weighted by atomic mass is 35.7. The Morgan fingerprint density at radius 3 is 2.33 bits per heavy atom. The van der Waals surface area contributed by atoms with Crippen molar-refractivity contribution in [3.05, 3.63) is 28.8 Å². The Bertz CT molecular complexity index is 641. The first kappa shape index (κ1) is 18.0. The lowest BCUT2D eigenvalue weighted by Gasteiger charge is -2.20. The van der Waals surface area contributed by atoms with Gasteiger partial charge >= 0.3 is 0 Å². The van der Waals surface area contributed by atoms with E-state index in [-0.39, 0.29) is 16.8 Å². The normalized spacial score (nSPS) is 14.6. The minimum absolute atomic E-state index is 0.00879. The van der Waals surface area contributed by atoms with E-state index in [9.17, 15) is 13.2 Å². The summed E-state index contributed by atoms with van der Waals surface area (Å²) in [6, 6.07) is 3.03. The van der Waals surface area contributed by atoms with Gasteiger partial charge in [-0.15, -0.1) is 0 Å². The maximum absolute atomic E-state index is 12.3. The van der Waals surface area contributed by atoms with Gasteiger partial charge in [-0.1, -0.05) is 20.3 Å². The number of carbonyl (C=O) groups is 1. The number of halogens is 1. The first-order valence-electron chi connectivity index (χ1n) is 6.94. The SMILES string of the molecule is CCC(C)C(C)NC(=O)c1cc(C)c(C)c(S(=O)(=O)Cl)c1. The van der Waals surface area contributed by atoms with Gasteiger partial charge in [-0.2, -0.15) is 0 Å². The number of nitrogens with one attached hydrogen (secondary N) is 1. The maximum Gasteiger partial charge on any atom is 0.261 e. The van der Waals surface area contributed by atoms with Crippen LogP contribution in [0.25, 0.3) is 0 Å². The molecule has 1 amide bonds. The van der Waals surface area contributed by atoms with Crippen LogP contribution in [0.3, 0.4) is 0 Å². The van der Waals surface area contributed by atoms with E-state index in [2.05, 4.69) is 19.2 Å². The molecule has 2 atom stereocenters. The molecule has 1 rings (SSSR count). The molecule has 0 aliphatic heterocycles. The summed E-state index contributed by atoms with van der Waals surface area (Å²) in [4.78, 5) is 12.3. The minimum Gasteiger partial charge on any atom is -0.349 e. The Hall–Kier alpha value is -1.07. The third-order valence-electron chi connectivity index (χ3n) is 4.00. The van der Waals surface area contributed by atoms with Crippen LogP contribution >= 0.6 is 10.7 Å². The predicted molar refractivity (Wildman–Crippen MR) is 85.3 cm³/mol. The van der Waals surface area contributed by atoms with Crippen molar-refractivity contribution in [2.24, 2.45) is 5.92 Å². The highest BCUT2D eigenvalue weighted by molar-refractivity contribution is 8.13. The van der Waals surface area contributed by atoms with Gasteiger partial charge in [-0.3, -0.25) is 4.79 Å². The van der Waals surface area contributed by atoms with Gasteiger partial charge in [0.05, 0.1) is 4.90 Å². The Labute approximate surface area is 131 Å². The van der Waals surface area contributed by atoms with Crippen LogP contribution in [0.2, 0.25) is 0 Å². The van der Waals surface area contributed by atoms with Crippen LogP contribution in [0.15, 0.2) is 17.0 Å². The number of hydrogen-bond acceptors (Lipinski definition) is 3. The molecule has 4 nitrogen and oxygen atoms in total. The summed E-state index contributed by atoms with van der Waals surface area (Å²) in [5.41, 5.74) is 1.60. The highest BCUT2D eigenvalue weighted by Gasteiger charge is 2.20. The Kier molecular flexibility index (Phi) is 5.82. The van der Waals surface area contributed by atoms with Gasteiger partial charge in [0.25, 0.3) is 15.0 Å². The van der Waals surface area contributed by atoms with Gasteiger partial charge in [-0.25, -0.2) is 8.42 Å². The van der Waals surface area contributed by atoms with E-state index >= 15 is 0 Å². The lowest BCUT2D eigenvalue weighted by Crippen LogP contribution is -2.37. The van der Waals surface area contributed by atoms with Crippen LogP contribution < -0.4 is 5.32 Å². The van der Waals surface area contributed by atoms with Gasteiger partial charge in [0.15, 0.2) is 0 Å². The maximum atomic E-state index is 12.3. The van der Waals surface area contributed by atoms with E-state index in [0.717, 1.165) is 12.0 Å². The molecule has 0 aliphatic rings. The summed E-state index contributed by atoms with van der Waals surface area (Å²) >= 11 is 0. The van der Waals surface area contributed by atoms with Crippen LogP contribution in [0.5, 0.6) is 0 Å². The van der Waals surface area contributed by atoms with Gasteiger partial charge in [0.2, 0.25) is 0 Å². The summed E-state index contributed by atoms with van der Waals surface area (Å²) in [6.07, 6.45) is 0.954. The number of carbonyl (C=O) groups excluding carboxylic acids is 1. The first-order valence-corrected chi connectivity index (χ1v) is 9.25. The summed E-state index contributed by atoms with van der Waals surface area (Å²) in [5, 5.41) is 2.90. The van der Waals surface area contributed by atoms with Crippen LogP contribution in [-0.2, 0) is 9.05 Å². The zero-order chi connectivity index (χ0) is 16.4. The smallest absolute Gasteiger partial charge is 0.261 e. The van der Waals surface area contributed by atoms with E-state index in [1.807, 2.05) is 6.92 Å². The zero-order valence-corrected chi connectivity index (χ0v) is 14.6. The fourth-order valence-corrected chi connectivity index (χ4v) is 3.27. The third kappa shape index (κ3) is 4.45. The molecule has 6 heteroatoms. The lowest BCUT2D eigenvalue weighted by molar-refractivity contribution is 0.0928. The lowest BCUT2D eigenvalue weighted by atomic mass is 10.00. The number of benzene rings is 1. The molecule has 118 valence electrons. The molecule has 0 saturated carbocycles. The van der Waals surface area contributed by atoms with E-state index in [1.54, 1.807) is 19.9 Å². The predicted octanol–water partition coefficient (Wildman–Crippen LogP) is 3.40. The molecule has 0 aromatic heterocycles. The number of aryl methyl sites for hydroxylation is 1. The molecule has 2 unspecified atom stereocenters. The molecule has 1 aromatic carbocycles. The average Bonchev–Trinajstić information content (AvgIpc) is 2.38. The molecule has 1 aromatic rings. The monoisotopic (exact) mass is 331 g/mol. The molecular weight excluding hydrogens is 310 g/mol. The third-order valence-corrected chi connectivity index (χ3v) is 5.45. The van der Waals surface area contributed by atoms with Gasteiger partial charge in [-0.05, 0) is 49.9 Å². The van der Waals surface area contributed by atoms with E-state index in [1.165, 1.54) is 6.07 Å². The van der Waals surface area contributed by atoms with Crippen LogP contribution in [0, 0.1) is 19.8 Å². The number of hydrogen-bond donors (Lipinski definition) is 1. The topological polar surface area (TPSA) is 63.2 Å². The van der Waals surface area contributed by atoms with Gasteiger partial charge < -0.3 is 5.32 Å². The van der Waals surface area contributed by atoms with Crippen molar-refractivity contribution in [2.75, 3.05) is 0 Å². The molecule has 1 N–H and O–H groups in total. The molecule has 0 bridgehead atoms. The number of rotatable bonds is 5. The quantitative estimate of drug-likeness (QED) is 0.841. The molecule has 0 aliphatic carbocycles. The van der Waals surface area contributed by atoms with Crippen molar-refractivity contribution in [1.29, 1.82) is 0 Å². The summed E-state index contributed by atoms with van der Waals surface area (Å²) in [5.74, 6) is 0.0594. The minimum atomic E-state index is -3.87. The molecular formula is C15H22ClNO3S. The first-order chi connectivity index (χ1) is 9.57. The van der Waals surface area contributed by atoms with E-state index in [0.29, 0.717) is 17.0 Å². The van der Waals surface area contributed by atoms with Crippen molar-refractivity contribution < 1.29 is 13.2 Å². The van der Waals surface area contributed by atoms with Crippen LogP contribution in [0.1, 0.15) is 48.7 Å². The van der Waals surface area contributed by atoms with Crippen LogP contribution in [-0.4, -0.2) is 20.4 Å². The molecule has 0 spiro atoms. The fourth-order valence-electron chi connectivity index (χ4n) is 2.00. The largest absolute Gasteiger partial charge is 0.349 e.